The number of hydrogen-bond acceptors (Lipinski definition) is 5. The normalized spacial score (nSPS) is 14.0. The maximum atomic E-state index is 4.64. The molecule has 5 nitrogen and oxygen atoms in total. The van der Waals surface area contributed by atoms with E-state index >= 15 is 0 Å². The van der Waals surface area contributed by atoms with E-state index in [9.17, 15) is 0 Å². The Morgan fingerprint density at radius 1 is 1.16 bits per heavy atom. The summed E-state index contributed by atoms with van der Waals surface area (Å²) in [5.41, 5.74) is 2.82. The Balaban J connectivity index is 1.58. The van der Waals surface area contributed by atoms with E-state index in [0.717, 1.165) is 31.9 Å². The summed E-state index contributed by atoms with van der Waals surface area (Å²) >= 11 is 0. The van der Waals surface area contributed by atoms with Crippen LogP contribution in [-0.4, -0.2) is 28.3 Å². The van der Waals surface area contributed by atoms with Gasteiger partial charge in [0.05, 0.1) is 6.20 Å². The summed E-state index contributed by atoms with van der Waals surface area (Å²) in [6, 6.07) is 10.4. The van der Waals surface area contributed by atoms with Gasteiger partial charge < -0.3 is 10.2 Å². The molecule has 0 saturated carbocycles. The van der Waals surface area contributed by atoms with Crippen LogP contribution in [0.25, 0.3) is 0 Å². The van der Waals surface area contributed by atoms with Crippen molar-refractivity contribution in [2.75, 3.05) is 23.3 Å². The highest BCUT2D eigenvalue weighted by Gasteiger charge is 2.10. The Kier molecular flexibility index (Phi) is 6.37. The molecule has 3 rings (SSSR count). The van der Waals surface area contributed by atoms with Crippen LogP contribution in [0, 0.1) is 0 Å². The van der Waals surface area contributed by atoms with Crippen molar-refractivity contribution in [3.05, 3.63) is 53.7 Å². The Hall–Kier alpha value is -2.43. The van der Waals surface area contributed by atoms with E-state index in [-0.39, 0.29) is 0 Å². The van der Waals surface area contributed by atoms with Gasteiger partial charge in [0, 0.05) is 19.6 Å². The van der Waals surface area contributed by atoms with Crippen LogP contribution in [0.2, 0.25) is 0 Å². The molecule has 0 bridgehead atoms. The molecule has 0 saturated heterocycles. The second-order valence-corrected chi connectivity index (χ2v) is 6.43. The molecule has 1 aliphatic rings. The summed E-state index contributed by atoms with van der Waals surface area (Å²) in [5, 5.41) is 11.7. The number of hydrogen-bond donors (Lipinski definition) is 1. The predicted molar refractivity (Wildman–Crippen MR) is 103 cm³/mol. The Morgan fingerprint density at radius 3 is 2.80 bits per heavy atom. The molecule has 1 aliphatic carbocycles. The van der Waals surface area contributed by atoms with Gasteiger partial charge in [0.25, 0.3) is 0 Å². The predicted octanol–water partition coefficient (Wildman–Crippen LogP) is 4.20. The third-order valence-electron chi connectivity index (χ3n) is 4.57. The molecule has 0 unspecified atom stereocenters. The van der Waals surface area contributed by atoms with E-state index < -0.39 is 0 Å². The summed E-state index contributed by atoms with van der Waals surface area (Å²) in [7, 11) is 0. The van der Waals surface area contributed by atoms with Crippen molar-refractivity contribution < 1.29 is 0 Å². The van der Waals surface area contributed by atoms with Gasteiger partial charge in [0.15, 0.2) is 5.82 Å². The van der Waals surface area contributed by atoms with E-state index in [1.807, 2.05) is 6.07 Å². The Bertz CT molecular complexity index is 683. The molecule has 1 aromatic heterocycles. The van der Waals surface area contributed by atoms with Crippen LogP contribution >= 0.6 is 0 Å². The lowest BCUT2D eigenvalue weighted by atomic mass is 9.97. The summed E-state index contributed by atoms with van der Waals surface area (Å²) in [6.07, 6.45) is 10.3. The molecule has 5 heteroatoms. The molecular formula is C20H27N5. The monoisotopic (exact) mass is 337 g/mol. The topological polar surface area (TPSA) is 53.9 Å². The molecule has 0 spiro atoms. The van der Waals surface area contributed by atoms with Crippen molar-refractivity contribution in [1.29, 1.82) is 0 Å². The number of benzene rings is 1. The molecule has 0 radical (unpaired) electrons. The lowest BCUT2D eigenvalue weighted by Gasteiger charge is -2.20. The van der Waals surface area contributed by atoms with Gasteiger partial charge in [-0.15, -0.1) is 5.10 Å². The lowest BCUT2D eigenvalue weighted by molar-refractivity contribution is 0.679. The van der Waals surface area contributed by atoms with Gasteiger partial charge in [-0.3, -0.25) is 0 Å². The molecular weight excluding hydrogens is 310 g/mol. The molecule has 2 aromatic rings. The fourth-order valence-electron chi connectivity index (χ4n) is 3.12. The number of rotatable bonds is 8. The van der Waals surface area contributed by atoms with Crippen LogP contribution in [0.1, 0.15) is 44.6 Å². The molecule has 0 atom stereocenters. The van der Waals surface area contributed by atoms with Gasteiger partial charge in [-0.25, -0.2) is 0 Å². The molecule has 0 fully saturated rings. The fraction of sp³-hybridized carbons (Fsp3) is 0.450. The van der Waals surface area contributed by atoms with Gasteiger partial charge in [0.2, 0.25) is 5.95 Å². The van der Waals surface area contributed by atoms with Gasteiger partial charge in [0.1, 0.15) is 0 Å². The summed E-state index contributed by atoms with van der Waals surface area (Å²) in [5.74, 6) is 1.47. The van der Waals surface area contributed by atoms with Crippen molar-refractivity contribution in [1.82, 2.24) is 15.2 Å². The van der Waals surface area contributed by atoms with Crippen molar-refractivity contribution in [2.45, 2.75) is 45.6 Å². The number of aromatic nitrogens is 3. The highest BCUT2D eigenvalue weighted by molar-refractivity contribution is 5.39. The molecule has 1 aromatic carbocycles. The first kappa shape index (κ1) is 17.4. The van der Waals surface area contributed by atoms with Gasteiger partial charge >= 0.3 is 0 Å². The average molecular weight is 337 g/mol. The number of nitrogens with one attached hydrogen (secondary N) is 1. The third kappa shape index (κ3) is 5.28. The first-order chi connectivity index (χ1) is 12.3. The van der Waals surface area contributed by atoms with Crippen molar-refractivity contribution in [3.8, 4) is 0 Å². The minimum absolute atomic E-state index is 0.674. The molecule has 0 aliphatic heterocycles. The van der Waals surface area contributed by atoms with Gasteiger partial charge in [-0.1, -0.05) is 42.0 Å². The number of nitrogens with zero attached hydrogens (tertiary/aromatic N) is 4. The van der Waals surface area contributed by atoms with Crippen molar-refractivity contribution >= 4 is 11.8 Å². The highest BCUT2D eigenvalue weighted by atomic mass is 15.3. The second kappa shape index (κ2) is 9.16. The fourth-order valence-corrected chi connectivity index (χ4v) is 3.12. The SMILES string of the molecule is CCN(Cc1ccccc1)c1nncc(NCCC2=CCCCC2)n1. The first-order valence-corrected chi connectivity index (χ1v) is 9.25. The molecule has 25 heavy (non-hydrogen) atoms. The van der Waals surface area contributed by atoms with Gasteiger partial charge in [-0.05, 0) is 44.6 Å². The number of allylic oxidation sites excluding steroid dienone is 1. The largest absolute Gasteiger partial charge is 0.368 e. The van der Waals surface area contributed by atoms with Crippen LogP contribution in [0.15, 0.2) is 48.2 Å². The third-order valence-corrected chi connectivity index (χ3v) is 4.57. The molecule has 0 amide bonds. The zero-order chi connectivity index (χ0) is 17.3. The van der Waals surface area contributed by atoms with E-state index in [0.29, 0.717) is 5.95 Å². The van der Waals surface area contributed by atoms with Crippen molar-refractivity contribution in [2.24, 2.45) is 0 Å². The average Bonchev–Trinajstić information content (AvgIpc) is 2.68. The zero-order valence-corrected chi connectivity index (χ0v) is 15.0. The Labute approximate surface area is 150 Å². The van der Waals surface area contributed by atoms with E-state index in [1.165, 1.54) is 31.2 Å². The van der Waals surface area contributed by atoms with Crippen LogP contribution in [0.3, 0.4) is 0 Å². The summed E-state index contributed by atoms with van der Waals surface area (Å²) < 4.78 is 0. The van der Waals surface area contributed by atoms with Crippen LogP contribution in [0.5, 0.6) is 0 Å². The molecule has 1 heterocycles. The zero-order valence-electron chi connectivity index (χ0n) is 15.0. The second-order valence-electron chi connectivity index (χ2n) is 6.43. The van der Waals surface area contributed by atoms with Crippen molar-refractivity contribution in [3.63, 3.8) is 0 Å². The highest BCUT2D eigenvalue weighted by Crippen LogP contribution is 2.20. The van der Waals surface area contributed by atoms with Crippen LogP contribution < -0.4 is 10.2 Å². The summed E-state index contributed by atoms with van der Waals surface area (Å²) in [4.78, 5) is 6.78. The van der Waals surface area contributed by atoms with E-state index in [2.05, 4.69) is 62.7 Å². The number of anilines is 2. The van der Waals surface area contributed by atoms with Crippen LogP contribution in [0.4, 0.5) is 11.8 Å². The molecule has 132 valence electrons. The van der Waals surface area contributed by atoms with Gasteiger partial charge in [-0.2, -0.15) is 10.1 Å². The van der Waals surface area contributed by atoms with Crippen LogP contribution in [-0.2, 0) is 6.54 Å². The first-order valence-electron chi connectivity index (χ1n) is 9.25. The maximum Gasteiger partial charge on any atom is 0.247 e. The quantitative estimate of drug-likeness (QED) is 0.732. The lowest BCUT2D eigenvalue weighted by Crippen LogP contribution is -2.25. The maximum absolute atomic E-state index is 4.64. The Morgan fingerprint density at radius 2 is 2.04 bits per heavy atom. The van der Waals surface area contributed by atoms with E-state index in [1.54, 1.807) is 11.8 Å². The molecule has 1 N–H and O–H groups in total. The minimum Gasteiger partial charge on any atom is -0.368 e. The smallest absolute Gasteiger partial charge is 0.247 e. The minimum atomic E-state index is 0.674. The van der Waals surface area contributed by atoms with E-state index in [4.69, 9.17) is 0 Å². The summed E-state index contributed by atoms with van der Waals surface area (Å²) in [6.45, 7) is 4.64. The standard InChI is InChI=1S/C20H27N5/c1-2-25(16-18-11-7-4-8-12-18)20-23-19(15-22-24-20)21-14-13-17-9-5-3-6-10-17/h4,7-9,11-12,15H,2-3,5-6,10,13-14,16H2,1H3,(H,21,23,24).